The fourth-order valence-corrected chi connectivity index (χ4v) is 7.79. The van der Waals surface area contributed by atoms with E-state index in [0.29, 0.717) is 12.3 Å². The van der Waals surface area contributed by atoms with Crippen LogP contribution in [0.5, 0.6) is 0 Å². The Morgan fingerprint density at radius 1 is 1.15 bits per heavy atom. The zero-order valence-corrected chi connectivity index (χ0v) is 16.0. The Kier molecular flexibility index (Phi) is 4.35. The van der Waals surface area contributed by atoms with E-state index in [1.807, 2.05) is 6.92 Å². The predicted molar refractivity (Wildman–Crippen MR) is 96.2 cm³/mol. The Hall–Kier alpha value is -0.490. The van der Waals surface area contributed by atoms with Crippen LogP contribution in [0.3, 0.4) is 0 Å². The van der Waals surface area contributed by atoms with Crippen molar-refractivity contribution in [1.82, 2.24) is 0 Å². The van der Waals surface area contributed by atoms with E-state index in [0.717, 1.165) is 38.5 Å². The molecule has 5 heteroatoms. The number of hydrogen-bond acceptors (Lipinski definition) is 5. The Labute approximate surface area is 155 Å². The molecule has 4 N–H and O–H groups in total. The molecule has 4 aliphatic rings. The van der Waals surface area contributed by atoms with Crippen LogP contribution in [0, 0.1) is 34.5 Å². The molecule has 0 aromatic heterocycles. The topological polar surface area (TPSA) is 98.0 Å². The van der Waals surface area contributed by atoms with Gasteiger partial charge in [-0.05, 0) is 68.1 Å². The smallest absolute Gasteiger partial charge is 0.137 e. The summed E-state index contributed by atoms with van der Waals surface area (Å²) in [7, 11) is 0. The van der Waals surface area contributed by atoms with Gasteiger partial charge in [0.15, 0.2) is 0 Å². The third kappa shape index (κ3) is 2.27. The minimum absolute atomic E-state index is 0.0143. The summed E-state index contributed by atoms with van der Waals surface area (Å²) in [5.41, 5.74) is -2.09. The maximum Gasteiger partial charge on any atom is 0.137 e. The fraction of sp³-hybridized carbons (Fsp3) is 0.952. The van der Waals surface area contributed by atoms with Crippen molar-refractivity contribution in [3.05, 3.63) is 0 Å². The van der Waals surface area contributed by atoms with Crippen molar-refractivity contribution >= 4 is 5.78 Å². The Morgan fingerprint density at radius 3 is 2.58 bits per heavy atom. The van der Waals surface area contributed by atoms with Gasteiger partial charge in [-0.25, -0.2) is 0 Å². The van der Waals surface area contributed by atoms with E-state index in [1.54, 1.807) is 0 Å². The Balaban J connectivity index is 1.69. The number of ketones is 1. The van der Waals surface area contributed by atoms with Gasteiger partial charge in [-0.1, -0.05) is 13.8 Å². The molecule has 5 nitrogen and oxygen atoms in total. The molecule has 0 radical (unpaired) electrons. The number of aliphatic hydroxyl groups is 4. The molecule has 4 fully saturated rings. The highest BCUT2D eigenvalue weighted by molar-refractivity contribution is 5.84. The van der Waals surface area contributed by atoms with Crippen LogP contribution in [0.1, 0.15) is 65.2 Å². The quantitative estimate of drug-likeness (QED) is 0.596. The second-order valence-corrected chi connectivity index (χ2v) is 10.2. The van der Waals surface area contributed by atoms with Crippen LogP contribution in [0.2, 0.25) is 0 Å². The van der Waals surface area contributed by atoms with Gasteiger partial charge in [0.25, 0.3) is 0 Å². The van der Waals surface area contributed by atoms with E-state index in [9.17, 15) is 25.2 Å². The molecule has 0 amide bonds. The first-order valence-electron chi connectivity index (χ1n) is 10.4. The van der Waals surface area contributed by atoms with Gasteiger partial charge >= 0.3 is 0 Å². The molecule has 0 aliphatic heterocycles. The highest BCUT2D eigenvalue weighted by Gasteiger charge is 2.68. The minimum atomic E-state index is -1.38. The summed E-state index contributed by atoms with van der Waals surface area (Å²) < 4.78 is 0. The zero-order valence-electron chi connectivity index (χ0n) is 16.0. The van der Waals surface area contributed by atoms with Crippen molar-refractivity contribution in [1.29, 1.82) is 0 Å². The summed E-state index contributed by atoms with van der Waals surface area (Å²) in [5, 5.41) is 41.2. The first kappa shape index (κ1) is 18.9. The van der Waals surface area contributed by atoms with Gasteiger partial charge in [0.05, 0.1) is 18.3 Å². The first-order chi connectivity index (χ1) is 12.2. The van der Waals surface area contributed by atoms with Crippen LogP contribution >= 0.6 is 0 Å². The van der Waals surface area contributed by atoms with E-state index in [2.05, 4.69) is 6.92 Å². The molecule has 0 saturated heterocycles. The number of carbonyl (C=O) groups excluding carboxylic acids is 1. The summed E-state index contributed by atoms with van der Waals surface area (Å²) in [4.78, 5) is 13.4. The summed E-state index contributed by atoms with van der Waals surface area (Å²) in [6.07, 6.45) is 4.61. The summed E-state index contributed by atoms with van der Waals surface area (Å²) in [6, 6.07) is 0. The van der Waals surface area contributed by atoms with E-state index >= 15 is 0 Å². The monoisotopic (exact) mass is 366 g/mol. The SMILES string of the molecule is C[C@]12CC[C@@H](O)C[C@@H]1CC[C@@H]1[C@H]2C(=O)C[C@@]2(C)[C@H]1CC[C@]2(O)[C@@H](O)CO. The molecule has 9 atom stereocenters. The molecule has 148 valence electrons. The van der Waals surface area contributed by atoms with Crippen LogP contribution in [-0.2, 0) is 4.79 Å². The summed E-state index contributed by atoms with van der Waals surface area (Å²) in [5.74, 6) is 1.10. The normalized spacial score (nSPS) is 55.0. The summed E-state index contributed by atoms with van der Waals surface area (Å²) >= 11 is 0. The molecule has 4 saturated carbocycles. The molecule has 4 aliphatic carbocycles. The van der Waals surface area contributed by atoms with Gasteiger partial charge in [-0.2, -0.15) is 0 Å². The van der Waals surface area contributed by atoms with Crippen molar-refractivity contribution in [3.8, 4) is 0 Å². The second kappa shape index (κ2) is 6.00. The zero-order chi connectivity index (χ0) is 18.9. The maximum absolute atomic E-state index is 13.4. The lowest BCUT2D eigenvalue weighted by Gasteiger charge is -2.60. The van der Waals surface area contributed by atoms with E-state index < -0.39 is 23.7 Å². The molecule has 0 unspecified atom stereocenters. The Morgan fingerprint density at radius 2 is 1.88 bits per heavy atom. The molecule has 0 heterocycles. The van der Waals surface area contributed by atoms with Crippen molar-refractivity contribution in [3.63, 3.8) is 0 Å². The van der Waals surface area contributed by atoms with Crippen LogP contribution in [0.15, 0.2) is 0 Å². The largest absolute Gasteiger partial charge is 0.394 e. The number of carbonyl (C=O) groups is 1. The van der Waals surface area contributed by atoms with Gasteiger partial charge < -0.3 is 20.4 Å². The molecular weight excluding hydrogens is 332 g/mol. The lowest BCUT2D eigenvalue weighted by Crippen LogP contribution is -2.63. The van der Waals surface area contributed by atoms with E-state index in [1.165, 1.54) is 0 Å². The minimum Gasteiger partial charge on any atom is -0.394 e. The number of fused-ring (bicyclic) bond motifs is 5. The third-order valence-electron chi connectivity index (χ3n) is 9.27. The van der Waals surface area contributed by atoms with Gasteiger partial charge in [0.1, 0.15) is 11.9 Å². The molecule has 0 bridgehead atoms. The van der Waals surface area contributed by atoms with Crippen molar-refractivity contribution in [2.75, 3.05) is 6.61 Å². The molecule has 0 aromatic rings. The lowest BCUT2D eigenvalue weighted by atomic mass is 9.44. The molecule has 0 aromatic carbocycles. The first-order valence-corrected chi connectivity index (χ1v) is 10.4. The third-order valence-corrected chi connectivity index (χ3v) is 9.27. The number of Topliss-reactive ketones (excluding diaryl/α,β-unsaturated/α-hetero) is 1. The lowest BCUT2D eigenvalue weighted by molar-refractivity contribution is -0.196. The van der Waals surface area contributed by atoms with Crippen LogP contribution in [0.4, 0.5) is 0 Å². The number of aliphatic hydroxyl groups excluding tert-OH is 3. The maximum atomic E-state index is 13.4. The average Bonchev–Trinajstić information content (AvgIpc) is 2.86. The fourth-order valence-electron chi connectivity index (χ4n) is 7.79. The highest BCUT2D eigenvalue weighted by Crippen LogP contribution is 2.67. The molecular formula is C21H34O5. The molecule has 0 spiro atoms. The van der Waals surface area contributed by atoms with Crippen LogP contribution in [-0.4, -0.2) is 50.6 Å². The van der Waals surface area contributed by atoms with Gasteiger partial charge in [-0.15, -0.1) is 0 Å². The molecule has 4 rings (SSSR count). The van der Waals surface area contributed by atoms with Crippen molar-refractivity contribution < 1.29 is 25.2 Å². The Bertz CT molecular complexity index is 593. The average molecular weight is 366 g/mol. The van der Waals surface area contributed by atoms with Gasteiger partial charge in [0.2, 0.25) is 0 Å². The van der Waals surface area contributed by atoms with E-state index in [-0.39, 0.29) is 41.5 Å². The predicted octanol–water partition coefficient (Wildman–Crippen LogP) is 1.65. The number of hydrogen-bond donors (Lipinski definition) is 4. The highest BCUT2D eigenvalue weighted by atomic mass is 16.4. The molecule has 26 heavy (non-hydrogen) atoms. The van der Waals surface area contributed by atoms with Crippen molar-refractivity contribution in [2.45, 2.75) is 83.0 Å². The number of rotatable bonds is 2. The van der Waals surface area contributed by atoms with Crippen LogP contribution < -0.4 is 0 Å². The second-order valence-electron chi connectivity index (χ2n) is 10.2. The van der Waals surface area contributed by atoms with E-state index in [4.69, 9.17) is 0 Å². The van der Waals surface area contributed by atoms with Crippen molar-refractivity contribution in [2.24, 2.45) is 34.5 Å². The van der Waals surface area contributed by atoms with Gasteiger partial charge in [-0.3, -0.25) is 4.79 Å². The standard InChI is InChI=1S/C21H34O5/c1-19-7-5-13(23)9-12(19)3-4-14-15-6-8-21(26,17(25)11-22)20(15,2)10-16(24)18(14)19/h12-15,17-18,22-23,25-26H,3-11H2,1-2H3/t12-,13+,14-,15-,17-,18-,19-,20-,21-/m0/s1. The van der Waals surface area contributed by atoms with Crippen LogP contribution in [0.25, 0.3) is 0 Å². The van der Waals surface area contributed by atoms with Gasteiger partial charge in [0, 0.05) is 17.8 Å². The summed E-state index contributed by atoms with van der Waals surface area (Å²) in [6.45, 7) is 3.74.